The number of hydrogen-bond donors (Lipinski definition) is 0. The zero-order valence-corrected chi connectivity index (χ0v) is 9.60. The first-order chi connectivity index (χ1) is 7.90. The van der Waals surface area contributed by atoms with E-state index in [2.05, 4.69) is 9.97 Å². The molecule has 0 saturated heterocycles. The number of hydrogen-bond acceptors (Lipinski definition) is 3. The van der Waals surface area contributed by atoms with Crippen molar-refractivity contribution in [3.63, 3.8) is 0 Å². The van der Waals surface area contributed by atoms with Crippen molar-refractivity contribution >= 4 is 17.6 Å². The second kappa shape index (κ2) is 5.47. The van der Waals surface area contributed by atoms with Gasteiger partial charge in [-0.15, -0.1) is 0 Å². The highest BCUT2D eigenvalue weighted by molar-refractivity contribution is 7.79. The second-order valence-corrected chi connectivity index (χ2v) is 3.85. The van der Waals surface area contributed by atoms with E-state index in [-0.39, 0.29) is 5.92 Å². The monoisotopic (exact) mass is 228 g/mol. The fraction of sp³-hybridized carbons (Fsp3) is 0.154. The standard InChI is InChI=1S/C13H12N2S/c16-10-13(12-3-7-15-8-4-12)9-11-1-5-14-6-2-11/h1-8,10,13H,9H2. The van der Waals surface area contributed by atoms with E-state index in [4.69, 9.17) is 12.2 Å². The van der Waals surface area contributed by atoms with Gasteiger partial charge >= 0.3 is 0 Å². The highest BCUT2D eigenvalue weighted by atomic mass is 32.1. The van der Waals surface area contributed by atoms with Gasteiger partial charge in [0.1, 0.15) is 0 Å². The van der Waals surface area contributed by atoms with Gasteiger partial charge in [-0.3, -0.25) is 9.97 Å². The Hall–Kier alpha value is -1.61. The van der Waals surface area contributed by atoms with Crippen LogP contribution in [0.15, 0.2) is 49.1 Å². The first-order valence-electron chi connectivity index (χ1n) is 5.14. The molecule has 0 bridgehead atoms. The van der Waals surface area contributed by atoms with Gasteiger partial charge in [-0.05, 0) is 47.2 Å². The maximum absolute atomic E-state index is 5.09. The predicted octanol–water partition coefficient (Wildman–Crippen LogP) is 2.80. The smallest absolute Gasteiger partial charge is 0.0270 e. The van der Waals surface area contributed by atoms with Gasteiger partial charge in [-0.2, -0.15) is 0 Å². The summed E-state index contributed by atoms with van der Waals surface area (Å²) in [6.07, 6.45) is 8.13. The van der Waals surface area contributed by atoms with Gasteiger partial charge in [0, 0.05) is 30.7 Å². The van der Waals surface area contributed by atoms with Crippen LogP contribution in [0.3, 0.4) is 0 Å². The summed E-state index contributed by atoms with van der Waals surface area (Å²) in [6, 6.07) is 8.06. The Kier molecular flexibility index (Phi) is 3.72. The molecule has 0 amide bonds. The van der Waals surface area contributed by atoms with E-state index in [1.807, 2.05) is 42.0 Å². The summed E-state index contributed by atoms with van der Waals surface area (Å²) in [5, 5.41) is 1.82. The van der Waals surface area contributed by atoms with Gasteiger partial charge in [0.05, 0.1) is 0 Å². The van der Waals surface area contributed by atoms with Gasteiger partial charge in [0.2, 0.25) is 0 Å². The van der Waals surface area contributed by atoms with Crippen molar-refractivity contribution in [1.82, 2.24) is 9.97 Å². The Bertz CT molecular complexity index is 442. The Balaban J connectivity index is 2.16. The molecule has 0 saturated carbocycles. The third-order valence-electron chi connectivity index (χ3n) is 2.50. The molecule has 2 aromatic heterocycles. The molecule has 1 unspecified atom stereocenters. The first kappa shape index (κ1) is 10.9. The molecule has 0 spiro atoms. The number of pyridine rings is 2. The van der Waals surface area contributed by atoms with Crippen LogP contribution < -0.4 is 0 Å². The summed E-state index contributed by atoms with van der Waals surface area (Å²) in [4.78, 5) is 8.02. The molecule has 0 aliphatic rings. The zero-order valence-electron chi connectivity index (χ0n) is 8.78. The normalized spacial score (nSPS) is 12.0. The van der Waals surface area contributed by atoms with E-state index in [0.29, 0.717) is 0 Å². The lowest BCUT2D eigenvalue weighted by Gasteiger charge is -2.11. The molecule has 0 aliphatic heterocycles. The minimum atomic E-state index is 0.264. The summed E-state index contributed by atoms with van der Waals surface area (Å²) in [5.74, 6) is 0.264. The fourth-order valence-electron chi connectivity index (χ4n) is 1.63. The molecule has 3 heteroatoms. The molecule has 16 heavy (non-hydrogen) atoms. The van der Waals surface area contributed by atoms with E-state index in [0.717, 1.165) is 6.42 Å². The molecular formula is C13H12N2S. The summed E-state index contributed by atoms with van der Waals surface area (Å²) >= 11 is 5.09. The van der Waals surface area contributed by atoms with E-state index in [9.17, 15) is 0 Å². The van der Waals surface area contributed by atoms with Gasteiger partial charge in [0.25, 0.3) is 0 Å². The minimum absolute atomic E-state index is 0.264. The number of thiocarbonyl (C=S) groups is 1. The molecule has 2 nitrogen and oxygen atoms in total. The zero-order chi connectivity index (χ0) is 11.2. The van der Waals surface area contributed by atoms with Crippen molar-refractivity contribution in [3.8, 4) is 0 Å². The van der Waals surface area contributed by atoms with E-state index in [1.54, 1.807) is 12.4 Å². The third kappa shape index (κ3) is 2.70. The number of aromatic nitrogens is 2. The molecule has 0 N–H and O–H groups in total. The minimum Gasteiger partial charge on any atom is -0.265 e. The Morgan fingerprint density at radius 3 is 2.12 bits per heavy atom. The molecule has 0 aromatic carbocycles. The predicted molar refractivity (Wildman–Crippen MR) is 68.6 cm³/mol. The molecule has 0 aliphatic carbocycles. The van der Waals surface area contributed by atoms with Crippen LogP contribution in [0.25, 0.3) is 0 Å². The molecule has 1 atom stereocenters. The highest BCUT2D eigenvalue weighted by Gasteiger charge is 2.08. The van der Waals surface area contributed by atoms with Crippen LogP contribution in [0.4, 0.5) is 0 Å². The van der Waals surface area contributed by atoms with Crippen LogP contribution in [-0.4, -0.2) is 15.3 Å². The van der Waals surface area contributed by atoms with Crippen molar-refractivity contribution in [2.24, 2.45) is 0 Å². The maximum Gasteiger partial charge on any atom is 0.0270 e. The Morgan fingerprint density at radius 2 is 1.56 bits per heavy atom. The van der Waals surface area contributed by atoms with Crippen LogP contribution >= 0.6 is 12.2 Å². The van der Waals surface area contributed by atoms with Crippen LogP contribution in [-0.2, 0) is 6.42 Å². The maximum atomic E-state index is 5.09. The summed E-state index contributed by atoms with van der Waals surface area (Å²) in [5.41, 5.74) is 2.46. The van der Waals surface area contributed by atoms with Gasteiger partial charge in [0.15, 0.2) is 0 Å². The summed E-state index contributed by atoms with van der Waals surface area (Å²) in [7, 11) is 0. The van der Waals surface area contributed by atoms with Gasteiger partial charge < -0.3 is 0 Å². The van der Waals surface area contributed by atoms with Gasteiger partial charge in [-0.25, -0.2) is 0 Å². The lowest BCUT2D eigenvalue weighted by molar-refractivity contribution is 0.895. The molecule has 2 rings (SSSR count). The lowest BCUT2D eigenvalue weighted by Crippen LogP contribution is -2.03. The van der Waals surface area contributed by atoms with Crippen LogP contribution in [0.5, 0.6) is 0 Å². The first-order valence-corrected chi connectivity index (χ1v) is 5.61. The second-order valence-electron chi connectivity index (χ2n) is 3.58. The topological polar surface area (TPSA) is 25.8 Å². The van der Waals surface area contributed by atoms with E-state index >= 15 is 0 Å². The largest absolute Gasteiger partial charge is 0.265 e. The summed E-state index contributed by atoms with van der Waals surface area (Å²) < 4.78 is 0. The third-order valence-corrected chi connectivity index (χ3v) is 2.83. The van der Waals surface area contributed by atoms with E-state index < -0.39 is 0 Å². The lowest BCUT2D eigenvalue weighted by atomic mass is 9.95. The Labute approximate surface area is 100 Å². The quantitative estimate of drug-likeness (QED) is 0.753. The van der Waals surface area contributed by atoms with Crippen LogP contribution in [0.1, 0.15) is 17.0 Å². The molecule has 0 radical (unpaired) electrons. The van der Waals surface area contributed by atoms with Crippen molar-refractivity contribution in [1.29, 1.82) is 0 Å². The van der Waals surface area contributed by atoms with Crippen molar-refractivity contribution in [2.75, 3.05) is 0 Å². The number of nitrogens with zero attached hydrogens (tertiary/aromatic N) is 2. The molecule has 2 aromatic rings. The van der Waals surface area contributed by atoms with Crippen molar-refractivity contribution in [3.05, 3.63) is 60.2 Å². The fourth-order valence-corrected chi connectivity index (χ4v) is 1.88. The number of rotatable bonds is 4. The van der Waals surface area contributed by atoms with Crippen LogP contribution in [0, 0.1) is 0 Å². The SMILES string of the molecule is S=CC(Cc1ccncc1)c1ccncc1. The average molecular weight is 228 g/mol. The Morgan fingerprint density at radius 1 is 1.00 bits per heavy atom. The van der Waals surface area contributed by atoms with E-state index in [1.165, 1.54) is 11.1 Å². The molecular weight excluding hydrogens is 216 g/mol. The molecule has 2 heterocycles. The van der Waals surface area contributed by atoms with Crippen molar-refractivity contribution in [2.45, 2.75) is 12.3 Å². The van der Waals surface area contributed by atoms with Crippen molar-refractivity contribution < 1.29 is 0 Å². The van der Waals surface area contributed by atoms with Crippen LogP contribution in [0.2, 0.25) is 0 Å². The summed E-state index contributed by atoms with van der Waals surface area (Å²) in [6.45, 7) is 0. The molecule has 80 valence electrons. The highest BCUT2D eigenvalue weighted by Crippen LogP contribution is 2.18. The molecule has 0 fully saturated rings. The van der Waals surface area contributed by atoms with Gasteiger partial charge in [-0.1, -0.05) is 12.2 Å². The average Bonchev–Trinajstić information content (AvgIpc) is 2.38.